The number of hydrogen-bond donors (Lipinski definition) is 1. The summed E-state index contributed by atoms with van der Waals surface area (Å²) < 4.78 is 5.64. The first-order valence-electron chi connectivity index (χ1n) is 9.95. The van der Waals surface area contributed by atoms with Crippen molar-refractivity contribution < 1.29 is 4.42 Å². The van der Waals surface area contributed by atoms with Gasteiger partial charge in [0, 0.05) is 23.2 Å². The number of benzene rings is 2. The molecule has 2 heterocycles. The van der Waals surface area contributed by atoms with Crippen molar-refractivity contribution in [1.82, 2.24) is 4.98 Å². The van der Waals surface area contributed by atoms with Gasteiger partial charge in [-0.05, 0) is 43.0 Å². The van der Waals surface area contributed by atoms with Gasteiger partial charge in [-0.15, -0.1) is 0 Å². The maximum atomic E-state index is 5.64. The Hall–Kier alpha value is -2.81. The average Bonchev–Trinajstić information content (AvgIpc) is 3.22. The quantitative estimate of drug-likeness (QED) is 0.443. The van der Waals surface area contributed by atoms with E-state index in [0.29, 0.717) is 12.0 Å². The molecule has 1 N–H and O–H groups in total. The van der Waals surface area contributed by atoms with E-state index in [1.807, 2.05) is 6.07 Å². The van der Waals surface area contributed by atoms with Crippen LogP contribution in [0.15, 0.2) is 71.3 Å². The summed E-state index contributed by atoms with van der Waals surface area (Å²) in [7, 11) is 0. The molecule has 3 heteroatoms. The van der Waals surface area contributed by atoms with E-state index in [9.17, 15) is 0 Å². The number of anilines is 1. The fraction of sp³-hybridized carbons (Fsp3) is 0.292. The number of nitrogens with zero attached hydrogens (tertiary/aromatic N) is 1. The van der Waals surface area contributed by atoms with Crippen LogP contribution >= 0.6 is 0 Å². The SMILES string of the molecule is c1coc(CC2CCCCC2Nc2c3ccccc3nc3ccccc23)c1. The van der Waals surface area contributed by atoms with Crippen LogP contribution in [-0.4, -0.2) is 11.0 Å². The van der Waals surface area contributed by atoms with Gasteiger partial charge in [0.2, 0.25) is 0 Å². The van der Waals surface area contributed by atoms with E-state index in [-0.39, 0.29) is 0 Å². The summed E-state index contributed by atoms with van der Waals surface area (Å²) in [6, 6.07) is 21.5. The van der Waals surface area contributed by atoms with Gasteiger partial charge >= 0.3 is 0 Å². The Balaban J connectivity index is 1.55. The van der Waals surface area contributed by atoms with Crippen molar-refractivity contribution in [3.63, 3.8) is 0 Å². The summed E-state index contributed by atoms with van der Waals surface area (Å²) >= 11 is 0. The molecule has 1 fully saturated rings. The summed E-state index contributed by atoms with van der Waals surface area (Å²) in [4.78, 5) is 4.86. The Labute approximate surface area is 159 Å². The fourth-order valence-electron chi connectivity index (χ4n) is 4.51. The molecule has 1 saturated carbocycles. The lowest BCUT2D eigenvalue weighted by molar-refractivity contribution is 0.306. The molecule has 3 nitrogen and oxygen atoms in total. The topological polar surface area (TPSA) is 38.1 Å². The van der Waals surface area contributed by atoms with Gasteiger partial charge in [0.05, 0.1) is 23.0 Å². The third kappa shape index (κ3) is 3.18. The Morgan fingerprint density at radius 1 is 0.852 bits per heavy atom. The van der Waals surface area contributed by atoms with Gasteiger partial charge in [0.1, 0.15) is 5.76 Å². The number of hydrogen-bond acceptors (Lipinski definition) is 3. The molecule has 0 radical (unpaired) electrons. The molecule has 4 aromatic rings. The molecule has 2 aromatic carbocycles. The van der Waals surface area contributed by atoms with Crippen LogP contribution in [0.4, 0.5) is 5.69 Å². The maximum Gasteiger partial charge on any atom is 0.104 e. The van der Waals surface area contributed by atoms with Crippen molar-refractivity contribution >= 4 is 27.5 Å². The molecular formula is C24H24N2O. The lowest BCUT2D eigenvalue weighted by Gasteiger charge is -2.33. The normalized spacial score (nSPS) is 20.1. The fourth-order valence-corrected chi connectivity index (χ4v) is 4.51. The number of pyridine rings is 1. The molecule has 0 bridgehead atoms. The van der Waals surface area contributed by atoms with Crippen molar-refractivity contribution in [3.05, 3.63) is 72.7 Å². The summed E-state index contributed by atoms with van der Waals surface area (Å²) in [5.74, 6) is 1.69. The molecule has 2 aromatic heterocycles. The highest BCUT2D eigenvalue weighted by molar-refractivity contribution is 6.07. The lowest BCUT2D eigenvalue weighted by Crippen LogP contribution is -2.33. The third-order valence-corrected chi connectivity index (χ3v) is 5.87. The predicted molar refractivity (Wildman–Crippen MR) is 111 cm³/mol. The zero-order valence-electron chi connectivity index (χ0n) is 15.4. The van der Waals surface area contributed by atoms with Crippen LogP contribution in [0.2, 0.25) is 0 Å². The minimum absolute atomic E-state index is 0.457. The molecule has 27 heavy (non-hydrogen) atoms. The van der Waals surface area contributed by atoms with Crippen LogP contribution in [0, 0.1) is 5.92 Å². The van der Waals surface area contributed by atoms with Crippen LogP contribution in [-0.2, 0) is 6.42 Å². The molecule has 136 valence electrons. The van der Waals surface area contributed by atoms with Crippen LogP contribution in [0.3, 0.4) is 0 Å². The summed E-state index contributed by atoms with van der Waals surface area (Å²) in [5.41, 5.74) is 3.33. The molecule has 1 aliphatic rings. The molecule has 2 unspecified atom stereocenters. The van der Waals surface area contributed by atoms with E-state index < -0.39 is 0 Å². The molecule has 0 saturated heterocycles. The number of nitrogens with one attached hydrogen (secondary N) is 1. The zero-order chi connectivity index (χ0) is 18.1. The van der Waals surface area contributed by atoms with Gasteiger partial charge < -0.3 is 9.73 Å². The molecule has 0 spiro atoms. The van der Waals surface area contributed by atoms with Crippen molar-refractivity contribution in [3.8, 4) is 0 Å². The molecule has 0 amide bonds. The van der Waals surface area contributed by atoms with E-state index >= 15 is 0 Å². The third-order valence-electron chi connectivity index (χ3n) is 5.87. The zero-order valence-corrected chi connectivity index (χ0v) is 15.4. The highest BCUT2D eigenvalue weighted by atomic mass is 16.3. The average molecular weight is 356 g/mol. The first-order chi connectivity index (χ1) is 13.4. The molecular weight excluding hydrogens is 332 g/mol. The highest BCUT2D eigenvalue weighted by Gasteiger charge is 2.27. The van der Waals surface area contributed by atoms with E-state index in [1.54, 1.807) is 6.26 Å². The van der Waals surface area contributed by atoms with E-state index in [0.717, 1.165) is 23.2 Å². The monoisotopic (exact) mass is 356 g/mol. The number of rotatable bonds is 4. The Kier molecular flexibility index (Phi) is 4.29. The van der Waals surface area contributed by atoms with Gasteiger partial charge in [0.25, 0.3) is 0 Å². The smallest absolute Gasteiger partial charge is 0.104 e. The van der Waals surface area contributed by atoms with Crippen LogP contribution in [0.5, 0.6) is 0 Å². The first kappa shape index (κ1) is 16.4. The second-order valence-corrected chi connectivity index (χ2v) is 7.60. The highest BCUT2D eigenvalue weighted by Crippen LogP contribution is 2.35. The van der Waals surface area contributed by atoms with Crippen molar-refractivity contribution in [2.75, 3.05) is 5.32 Å². The lowest BCUT2D eigenvalue weighted by atomic mass is 9.81. The largest absolute Gasteiger partial charge is 0.469 e. The van der Waals surface area contributed by atoms with Crippen LogP contribution < -0.4 is 5.32 Å². The molecule has 2 atom stereocenters. The van der Waals surface area contributed by atoms with E-state index in [2.05, 4.69) is 59.9 Å². The summed E-state index contributed by atoms with van der Waals surface area (Å²) in [6.07, 6.45) is 7.83. The van der Waals surface area contributed by atoms with E-state index in [1.165, 1.54) is 42.1 Å². The Morgan fingerprint density at radius 2 is 1.56 bits per heavy atom. The standard InChI is InChI=1S/C24H24N2O/c1-4-12-21(17(8-1)16-18-9-7-15-27-18)26-24-19-10-2-5-13-22(19)25-23-14-6-3-11-20(23)24/h2-3,5-7,9-11,13-15,17,21H,1,4,8,12,16H2,(H,25,26). The predicted octanol–water partition coefficient (Wildman–Crippen LogP) is 6.19. The second-order valence-electron chi connectivity index (χ2n) is 7.60. The summed E-state index contributed by atoms with van der Waals surface area (Å²) in [5, 5.41) is 6.36. The van der Waals surface area contributed by atoms with Crippen molar-refractivity contribution in [1.29, 1.82) is 0 Å². The van der Waals surface area contributed by atoms with Gasteiger partial charge in [-0.1, -0.05) is 49.2 Å². The number of fused-ring (bicyclic) bond motifs is 2. The van der Waals surface area contributed by atoms with Gasteiger partial charge in [-0.3, -0.25) is 0 Å². The molecule has 1 aliphatic carbocycles. The molecule has 0 aliphatic heterocycles. The number of aromatic nitrogens is 1. The Morgan fingerprint density at radius 3 is 2.26 bits per heavy atom. The van der Waals surface area contributed by atoms with Gasteiger partial charge in [0.15, 0.2) is 0 Å². The minimum atomic E-state index is 0.457. The van der Waals surface area contributed by atoms with Gasteiger partial charge in [-0.25, -0.2) is 4.98 Å². The molecule has 5 rings (SSSR count). The minimum Gasteiger partial charge on any atom is -0.469 e. The van der Waals surface area contributed by atoms with Crippen LogP contribution in [0.25, 0.3) is 21.8 Å². The Bertz CT molecular complexity index is 1000. The number of furan rings is 1. The van der Waals surface area contributed by atoms with Crippen LogP contribution in [0.1, 0.15) is 31.4 Å². The summed E-state index contributed by atoms with van der Waals surface area (Å²) in [6.45, 7) is 0. The second kappa shape index (κ2) is 7.07. The maximum absolute atomic E-state index is 5.64. The van der Waals surface area contributed by atoms with Gasteiger partial charge in [-0.2, -0.15) is 0 Å². The number of para-hydroxylation sites is 2. The first-order valence-corrected chi connectivity index (χ1v) is 9.95. The van der Waals surface area contributed by atoms with E-state index in [4.69, 9.17) is 9.40 Å². The van der Waals surface area contributed by atoms with Crippen molar-refractivity contribution in [2.24, 2.45) is 5.92 Å². The van der Waals surface area contributed by atoms with Crippen molar-refractivity contribution in [2.45, 2.75) is 38.1 Å².